The second-order valence-electron chi connectivity index (χ2n) is 5.81. The van der Waals surface area contributed by atoms with Crippen molar-refractivity contribution < 1.29 is 9.53 Å². The Kier molecular flexibility index (Phi) is 6.58. The van der Waals surface area contributed by atoms with Crippen molar-refractivity contribution in [3.8, 4) is 5.75 Å². The third kappa shape index (κ3) is 5.91. The molecular weight excluding hydrogens is 383 g/mol. The fourth-order valence-corrected chi connectivity index (χ4v) is 2.68. The molecule has 0 unspecified atom stereocenters. The van der Waals surface area contributed by atoms with E-state index in [9.17, 15) is 4.79 Å². The van der Waals surface area contributed by atoms with Crippen molar-refractivity contribution in [1.29, 1.82) is 0 Å². The number of halogens is 2. The minimum absolute atomic E-state index is 0.0828. The van der Waals surface area contributed by atoms with Crippen LogP contribution in [0.2, 0.25) is 10.0 Å². The quantitative estimate of drug-likeness (QED) is 0.540. The molecule has 0 aliphatic heterocycles. The Bertz CT molecular complexity index is 897. The van der Waals surface area contributed by atoms with Gasteiger partial charge in [0.2, 0.25) is 0 Å². The highest BCUT2D eigenvalue weighted by Gasteiger charge is 2.07. The average molecular weight is 401 g/mol. The Hall–Kier alpha value is -2.69. The van der Waals surface area contributed by atoms with E-state index in [1.165, 1.54) is 0 Å². The van der Waals surface area contributed by atoms with Crippen molar-refractivity contribution in [2.24, 2.45) is 0 Å². The van der Waals surface area contributed by atoms with E-state index in [2.05, 4.69) is 10.6 Å². The molecule has 0 bridgehead atoms. The van der Waals surface area contributed by atoms with Crippen LogP contribution in [0.3, 0.4) is 0 Å². The molecule has 4 nitrogen and oxygen atoms in total. The third-order valence-corrected chi connectivity index (χ3v) is 4.29. The molecule has 6 heteroatoms. The van der Waals surface area contributed by atoms with Crippen LogP contribution in [0.15, 0.2) is 72.8 Å². The molecular formula is C21H18Cl2N2O2. The first-order chi connectivity index (χ1) is 13.1. The number of hydrogen-bond donors (Lipinski definition) is 2. The molecule has 2 N–H and O–H groups in total. The maximum Gasteiger partial charge on any atom is 0.262 e. The number of carbonyl (C=O) groups is 1. The number of carbonyl (C=O) groups excluding carboxylic acids is 1. The number of rotatable bonds is 7. The molecule has 27 heavy (non-hydrogen) atoms. The highest BCUT2D eigenvalue weighted by molar-refractivity contribution is 6.30. The van der Waals surface area contributed by atoms with Gasteiger partial charge in [-0.1, -0.05) is 41.4 Å². The summed E-state index contributed by atoms with van der Waals surface area (Å²) in [6.45, 7) is 0.483. The molecule has 0 atom stereocenters. The van der Waals surface area contributed by atoms with Crippen LogP contribution in [-0.4, -0.2) is 12.5 Å². The van der Waals surface area contributed by atoms with Crippen LogP contribution in [0.5, 0.6) is 5.75 Å². The molecule has 138 valence electrons. The van der Waals surface area contributed by atoms with E-state index in [-0.39, 0.29) is 12.5 Å². The normalized spacial score (nSPS) is 10.3. The minimum atomic E-state index is -0.238. The molecule has 3 rings (SSSR count). The van der Waals surface area contributed by atoms with E-state index in [0.717, 1.165) is 11.3 Å². The summed E-state index contributed by atoms with van der Waals surface area (Å²) in [7, 11) is 0. The van der Waals surface area contributed by atoms with E-state index < -0.39 is 0 Å². The number of nitrogens with one attached hydrogen (secondary N) is 2. The van der Waals surface area contributed by atoms with Crippen molar-refractivity contribution in [3.63, 3.8) is 0 Å². The molecule has 0 saturated carbocycles. The van der Waals surface area contributed by atoms with Gasteiger partial charge in [-0.05, 0) is 54.6 Å². The van der Waals surface area contributed by atoms with E-state index in [4.69, 9.17) is 27.9 Å². The second-order valence-corrected chi connectivity index (χ2v) is 6.68. The fraction of sp³-hybridized carbons (Fsp3) is 0.0952. The Labute approximate surface area is 168 Å². The van der Waals surface area contributed by atoms with Crippen LogP contribution in [0.4, 0.5) is 11.4 Å². The van der Waals surface area contributed by atoms with Gasteiger partial charge in [-0.15, -0.1) is 0 Å². The number of anilines is 2. The molecule has 0 heterocycles. The Balaban J connectivity index is 1.56. The topological polar surface area (TPSA) is 50.4 Å². The first kappa shape index (κ1) is 19.1. The van der Waals surface area contributed by atoms with Gasteiger partial charge in [0, 0.05) is 33.5 Å². The second kappa shape index (κ2) is 9.31. The zero-order valence-corrected chi connectivity index (χ0v) is 15.9. The summed E-state index contributed by atoms with van der Waals surface area (Å²) in [5.74, 6) is 0.419. The lowest BCUT2D eigenvalue weighted by Gasteiger charge is -2.13. The molecule has 0 radical (unpaired) electrons. The highest BCUT2D eigenvalue weighted by atomic mass is 35.5. The number of benzene rings is 3. The van der Waals surface area contributed by atoms with Crippen LogP contribution in [-0.2, 0) is 11.3 Å². The van der Waals surface area contributed by atoms with Crippen LogP contribution < -0.4 is 15.4 Å². The smallest absolute Gasteiger partial charge is 0.262 e. The van der Waals surface area contributed by atoms with E-state index in [1.807, 2.05) is 48.5 Å². The van der Waals surface area contributed by atoms with Gasteiger partial charge >= 0.3 is 0 Å². The number of hydrogen-bond acceptors (Lipinski definition) is 3. The summed E-state index contributed by atoms with van der Waals surface area (Å²) in [4.78, 5) is 12.1. The van der Waals surface area contributed by atoms with Gasteiger partial charge in [0.15, 0.2) is 6.61 Å². The van der Waals surface area contributed by atoms with Gasteiger partial charge in [0.25, 0.3) is 5.91 Å². The minimum Gasteiger partial charge on any atom is -0.483 e. The lowest BCUT2D eigenvalue weighted by Crippen LogP contribution is -2.20. The van der Waals surface area contributed by atoms with E-state index in [0.29, 0.717) is 28.0 Å². The fourth-order valence-electron chi connectivity index (χ4n) is 2.43. The largest absolute Gasteiger partial charge is 0.483 e. The molecule has 0 aliphatic rings. The van der Waals surface area contributed by atoms with Gasteiger partial charge in [-0.25, -0.2) is 0 Å². The molecule has 3 aromatic carbocycles. The average Bonchev–Trinajstić information content (AvgIpc) is 2.68. The zero-order chi connectivity index (χ0) is 19.1. The van der Waals surface area contributed by atoms with Gasteiger partial charge < -0.3 is 15.4 Å². The molecule has 0 fully saturated rings. The predicted molar refractivity (Wildman–Crippen MR) is 111 cm³/mol. The molecule has 0 aromatic heterocycles. The zero-order valence-electron chi connectivity index (χ0n) is 14.4. The third-order valence-electron chi connectivity index (χ3n) is 3.79. The van der Waals surface area contributed by atoms with Gasteiger partial charge in [-0.2, -0.15) is 0 Å². The standard InChI is InChI=1S/C21H18Cl2N2O2/c22-16-5-9-18(10-6-16)24-13-15-3-1-2-4-20(15)27-14-21(26)25-19-11-7-17(23)8-12-19/h1-12,24H,13-14H2,(H,25,26). The summed E-state index contributed by atoms with van der Waals surface area (Å²) in [6.07, 6.45) is 0. The van der Waals surface area contributed by atoms with Crippen molar-refractivity contribution in [2.75, 3.05) is 17.2 Å². The van der Waals surface area contributed by atoms with Gasteiger partial charge in [0.05, 0.1) is 0 Å². The van der Waals surface area contributed by atoms with Crippen molar-refractivity contribution in [2.45, 2.75) is 6.54 Å². The molecule has 0 spiro atoms. The Morgan fingerprint density at radius 3 is 2.07 bits per heavy atom. The number of ether oxygens (including phenoxy) is 1. The van der Waals surface area contributed by atoms with Gasteiger partial charge in [-0.3, -0.25) is 4.79 Å². The summed E-state index contributed by atoms with van der Waals surface area (Å²) in [6, 6.07) is 22.0. The number of para-hydroxylation sites is 1. The lowest BCUT2D eigenvalue weighted by molar-refractivity contribution is -0.118. The molecule has 0 aliphatic carbocycles. The maximum atomic E-state index is 12.1. The first-order valence-electron chi connectivity index (χ1n) is 8.36. The monoisotopic (exact) mass is 400 g/mol. The van der Waals surface area contributed by atoms with E-state index in [1.54, 1.807) is 24.3 Å². The molecule has 3 aromatic rings. The summed E-state index contributed by atoms with van der Waals surface area (Å²) in [5.41, 5.74) is 2.58. The molecule has 0 saturated heterocycles. The van der Waals surface area contributed by atoms with Crippen molar-refractivity contribution >= 4 is 40.5 Å². The lowest BCUT2D eigenvalue weighted by atomic mass is 10.2. The predicted octanol–water partition coefficient (Wildman–Crippen LogP) is 5.62. The summed E-state index contributed by atoms with van der Waals surface area (Å²) in [5, 5.41) is 7.39. The maximum absolute atomic E-state index is 12.1. The van der Waals surface area contributed by atoms with Gasteiger partial charge in [0.1, 0.15) is 5.75 Å². The summed E-state index contributed by atoms with van der Waals surface area (Å²) < 4.78 is 5.70. The van der Waals surface area contributed by atoms with Crippen LogP contribution in [0, 0.1) is 0 Å². The van der Waals surface area contributed by atoms with Crippen molar-refractivity contribution in [1.82, 2.24) is 0 Å². The molecule has 1 amide bonds. The Morgan fingerprint density at radius 2 is 1.41 bits per heavy atom. The van der Waals surface area contributed by atoms with Crippen LogP contribution in [0.1, 0.15) is 5.56 Å². The number of amides is 1. The first-order valence-corrected chi connectivity index (χ1v) is 9.11. The van der Waals surface area contributed by atoms with Crippen molar-refractivity contribution in [3.05, 3.63) is 88.4 Å². The van der Waals surface area contributed by atoms with Crippen LogP contribution >= 0.6 is 23.2 Å². The van der Waals surface area contributed by atoms with Crippen LogP contribution in [0.25, 0.3) is 0 Å². The Morgan fingerprint density at radius 1 is 0.815 bits per heavy atom. The highest BCUT2D eigenvalue weighted by Crippen LogP contribution is 2.21. The summed E-state index contributed by atoms with van der Waals surface area (Å²) >= 11 is 11.7. The SMILES string of the molecule is O=C(COc1ccccc1CNc1ccc(Cl)cc1)Nc1ccc(Cl)cc1. The van der Waals surface area contributed by atoms with E-state index >= 15 is 0 Å².